The van der Waals surface area contributed by atoms with E-state index in [4.69, 9.17) is 23.2 Å². The van der Waals surface area contributed by atoms with Gasteiger partial charge in [0.1, 0.15) is 5.69 Å². The molecular formula is C31H27Cl2F6N5O4S. The van der Waals surface area contributed by atoms with Crippen LogP contribution in [0.15, 0.2) is 54.7 Å². The molecule has 262 valence electrons. The maximum absolute atomic E-state index is 13.8. The Labute approximate surface area is 286 Å². The molecule has 0 spiro atoms. The summed E-state index contributed by atoms with van der Waals surface area (Å²) in [5.41, 5.74) is -3.42. The van der Waals surface area contributed by atoms with Gasteiger partial charge < -0.3 is 5.32 Å². The molecule has 4 rings (SSSR count). The molecule has 0 fully saturated rings. The number of pyridine rings is 1. The zero-order chi connectivity index (χ0) is 36.5. The van der Waals surface area contributed by atoms with Crippen LogP contribution in [0.3, 0.4) is 0 Å². The molecule has 49 heavy (non-hydrogen) atoms. The zero-order valence-corrected chi connectivity index (χ0v) is 28.1. The van der Waals surface area contributed by atoms with E-state index < -0.39 is 63.1 Å². The van der Waals surface area contributed by atoms with Gasteiger partial charge in [-0.25, -0.2) is 22.8 Å². The van der Waals surface area contributed by atoms with E-state index in [2.05, 4.69) is 20.1 Å². The highest BCUT2D eigenvalue weighted by Gasteiger charge is 2.39. The number of nitrogens with one attached hydrogen (secondary N) is 2. The van der Waals surface area contributed by atoms with Crippen LogP contribution in [0.5, 0.6) is 0 Å². The summed E-state index contributed by atoms with van der Waals surface area (Å²) < 4.78 is 109. The topological polar surface area (TPSA) is 123 Å². The molecule has 2 heterocycles. The Morgan fingerprint density at radius 2 is 1.67 bits per heavy atom. The lowest BCUT2D eigenvalue weighted by atomic mass is 9.95. The molecule has 0 bridgehead atoms. The second-order valence-electron chi connectivity index (χ2n) is 11.2. The molecular weight excluding hydrogens is 723 g/mol. The summed E-state index contributed by atoms with van der Waals surface area (Å²) in [6.07, 6.45) is -9.34. The third kappa shape index (κ3) is 9.38. The number of carbonyl (C=O) groups is 2. The van der Waals surface area contributed by atoms with Crippen molar-refractivity contribution in [3.63, 3.8) is 0 Å². The number of benzene rings is 2. The molecule has 0 aliphatic rings. The molecule has 0 radical (unpaired) electrons. The summed E-state index contributed by atoms with van der Waals surface area (Å²) >= 11 is 12.5. The first-order valence-electron chi connectivity index (χ1n) is 14.2. The Hall–Kier alpha value is -3.99. The van der Waals surface area contributed by atoms with Crippen LogP contribution in [0.4, 0.5) is 26.3 Å². The Kier molecular flexibility index (Phi) is 11.2. The number of nitrogens with zero attached hydrogens (tertiary/aromatic N) is 3. The number of hydrogen-bond acceptors (Lipinski definition) is 6. The van der Waals surface area contributed by atoms with Crippen LogP contribution in [-0.4, -0.2) is 40.9 Å². The Morgan fingerprint density at radius 1 is 0.980 bits per heavy atom. The van der Waals surface area contributed by atoms with E-state index in [0.29, 0.717) is 23.3 Å². The van der Waals surface area contributed by atoms with Gasteiger partial charge in [-0.05, 0) is 79.9 Å². The lowest BCUT2D eigenvalue weighted by Gasteiger charge is -2.16. The van der Waals surface area contributed by atoms with Crippen LogP contribution >= 0.6 is 23.2 Å². The van der Waals surface area contributed by atoms with Gasteiger partial charge in [-0.1, -0.05) is 29.3 Å². The maximum atomic E-state index is 13.8. The first-order chi connectivity index (χ1) is 22.7. The molecule has 9 nitrogen and oxygen atoms in total. The lowest BCUT2D eigenvalue weighted by molar-refractivity contribution is -0.143. The number of aromatic nitrogens is 3. The van der Waals surface area contributed by atoms with Crippen molar-refractivity contribution < 1.29 is 44.3 Å². The number of alkyl halides is 6. The van der Waals surface area contributed by atoms with E-state index in [1.165, 1.54) is 30.5 Å². The number of sulfonamides is 1. The molecule has 0 unspecified atom stereocenters. The van der Waals surface area contributed by atoms with Crippen molar-refractivity contribution in [2.45, 2.75) is 57.9 Å². The third-order valence-electron chi connectivity index (χ3n) is 6.99. The van der Waals surface area contributed by atoms with Crippen LogP contribution in [0.2, 0.25) is 10.0 Å². The maximum Gasteiger partial charge on any atom is 0.416 e. The second kappa shape index (κ2) is 14.5. The van der Waals surface area contributed by atoms with Gasteiger partial charge in [0.15, 0.2) is 11.6 Å². The number of hydrogen-bond donors (Lipinski definition) is 2. The van der Waals surface area contributed by atoms with Crippen molar-refractivity contribution >= 4 is 44.9 Å². The molecule has 0 saturated carbocycles. The van der Waals surface area contributed by atoms with Gasteiger partial charge in [0.25, 0.3) is 5.91 Å². The number of carbonyl (C=O) groups excluding carboxylic acids is 2. The van der Waals surface area contributed by atoms with E-state index in [1.807, 2.05) is 0 Å². The highest BCUT2D eigenvalue weighted by atomic mass is 35.5. The van der Waals surface area contributed by atoms with Crippen LogP contribution in [0.25, 0.3) is 5.82 Å². The summed E-state index contributed by atoms with van der Waals surface area (Å²) in [4.78, 5) is 30.9. The summed E-state index contributed by atoms with van der Waals surface area (Å²) in [6, 6.07) is 7.61. The second-order valence-corrected chi connectivity index (χ2v) is 13.8. The Morgan fingerprint density at radius 3 is 2.29 bits per heavy atom. The molecule has 4 aromatic rings. The van der Waals surface area contributed by atoms with Gasteiger partial charge in [0.05, 0.1) is 34.1 Å². The van der Waals surface area contributed by atoms with Gasteiger partial charge in [0.2, 0.25) is 10.0 Å². The summed E-state index contributed by atoms with van der Waals surface area (Å²) in [5, 5.41) is 7.34. The van der Waals surface area contributed by atoms with Gasteiger partial charge >= 0.3 is 12.4 Å². The van der Waals surface area contributed by atoms with Crippen molar-refractivity contribution in [1.29, 1.82) is 0 Å². The van der Waals surface area contributed by atoms with E-state index in [9.17, 15) is 44.3 Å². The van der Waals surface area contributed by atoms with Crippen LogP contribution in [-0.2, 0) is 41.1 Å². The lowest BCUT2D eigenvalue weighted by Crippen LogP contribution is -2.31. The highest BCUT2D eigenvalue weighted by Crippen LogP contribution is 2.38. The van der Waals surface area contributed by atoms with E-state index in [-0.39, 0.29) is 51.3 Å². The van der Waals surface area contributed by atoms with E-state index >= 15 is 0 Å². The molecule has 2 N–H and O–H groups in total. The predicted octanol–water partition coefficient (Wildman–Crippen LogP) is 7.10. The molecule has 0 aliphatic carbocycles. The first-order valence-corrected chi connectivity index (χ1v) is 16.6. The standard InChI is InChI=1S/C31H27Cl2F6N5O4S/c1-16(2)42-29(46)23-11-20(32)9-17(3)22(23)13-27(45)26-12-21(43-44(26)28-25(33)5-4-8-40-28)14-41-49(47,48)15-18-6-7-19(30(34,35)36)10-24(18)31(37,38)39/h4-12,16,41H,13-15H2,1-3H3,(H,42,46). The largest absolute Gasteiger partial charge is 0.416 e. The molecule has 0 saturated heterocycles. The quantitative estimate of drug-likeness (QED) is 0.125. The summed E-state index contributed by atoms with van der Waals surface area (Å²) in [5.74, 6) is -2.38. The normalized spacial score (nSPS) is 12.4. The number of ketones is 1. The van der Waals surface area contributed by atoms with Crippen LogP contribution in [0, 0.1) is 6.92 Å². The Balaban J connectivity index is 1.67. The monoisotopic (exact) mass is 749 g/mol. The minimum absolute atomic E-state index is 0.00759. The number of amides is 1. The van der Waals surface area contributed by atoms with Gasteiger partial charge in [-0.3, -0.25) is 9.59 Å². The van der Waals surface area contributed by atoms with E-state index in [0.717, 1.165) is 4.68 Å². The fourth-order valence-electron chi connectivity index (χ4n) is 4.79. The van der Waals surface area contributed by atoms with Crippen molar-refractivity contribution in [3.05, 3.63) is 110 Å². The Bertz CT molecular complexity index is 2010. The van der Waals surface area contributed by atoms with E-state index in [1.54, 1.807) is 26.8 Å². The third-order valence-corrected chi connectivity index (χ3v) is 8.77. The molecule has 18 heteroatoms. The van der Waals surface area contributed by atoms with Crippen LogP contribution in [0.1, 0.15) is 68.2 Å². The average molecular weight is 751 g/mol. The SMILES string of the molecule is Cc1cc(Cl)cc(C(=O)NC(C)C)c1CC(=O)c1cc(CNS(=O)(=O)Cc2ccc(C(F)(F)F)cc2C(F)(F)F)nn1-c1ncccc1Cl. The van der Waals surface area contributed by atoms with Crippen LogP contribution < -0.4 is 10.0 Å². The molecule has 0 atom stereocenters. The highest BCUT2D eigenvalue weighted by molar-refractivity contribution is 7.88. The average Bonchev–Trinajstić information content (AvgIpc) is 3.40. The summed E-state index contributed by atoms with van der Waals surface area (Å²) in [7, 11) is -4.61. The fourth-order valence-corrected chi connectivity index (χ4v) is 6.40. The van der Waals surface area contributed by atoms with Gasteiger partial charge in [-0.15, -0.1) is 0 Å². The fraction of sp³-hybridized carbons (Fsp3) is 0.290. The first kappa shape index (κ1) is 37.8. The number of aryl methyl sites for hydroxylation is 1. The van der Waals surface area contributed by atoms with Crippen molar-refractivity contribution in [3.8, 4) is 5.82 Å². The minimum Gasteiger partial charge on any atom is -0.350 e. The van der Waals surface area contributed by atoms with Crippen molar-refractivity contribution in [2.75, 3.05) is 0 Å². The molecule has 2 aromatic heterocycles. The minimum atomic E-state index is -5.28. The number of rotatable bonds is 11. The van der Waals surface area contributed by atoms with Crippen molar-refractivity contribution in [2.24, 2.45) is 0 Å². The van der Waals surface area contributed by atoms with Gasteiger partial charge in [0, 0.05) is 29.2 Å². The molecule has 1 amide bonds. The zero-order valence-electron chi connectivity index (χ0n) is 25.8. The number of halogens is 8. The molecule has 0 aliphatic heterocycles. The summed E-state index contributed by atoms with van der Waals surface area (Å²) in [6.45, 7) is 4.53. The van der Waals surface area contributed by atoms with Crippen molar-refractivity contribution in [1.82, 2.24) is 24.8 Å². The van der Waals surface area contributed by atoms with Gasteiger partial charge in [-0.2, -0.15) is 31.4 Å². The molecule has 2 aromatic carbocycles. The number of Topliss-reactive ketones (excluding diaryl/α,β-unsaturated/α-hetero) is 1. The predicted molar refractivity (Wildman–Crippen MR) is 169 cm³/mol. The smallest absolute Gasteiger partial charge is 0.350 e.